The quantitative estimate of drug-likeness (QED) is 0.658. The van der Waals surface area contributed by atoms with Crippen LogP contribution in [-0.4, -0.2) is 15.7 Å². The monoisotopic (exact) mass is 379 g/mol. The minimum Gasteiger partial charge on any atom is -0.390 e. The van der Waals surface area contributed by atoms with Crippen molar-refractivity contribution in [3.05, 3.63) is 36.2 Å². The Bertz CT molecular complexity index is 772. The van der Waals surface area contributed by atoms with Crippen molar-refractivity contribution in [2.24, 2.45) is 34.5 Å². The number of pyridine rings is 1. The van der Waals surface area contributed by atoms with Crippen LogP contribution in [0.5, 0.6) is 0 Å². The molecule has 0 saturated heterocycles. The Morgan fingerprint density at radius 3 is 2.71 bits per heavy atom. The minimum absolute atomic E-state index is 0.326. The van der Waals surface area contributed by atoms with E-state index in [9.17, 15) is 5.11 Å². The lowest BCUT2D eigenvalue weighted by atomic mass is 9.43. The highest BCUT2D eigenvalue weighted by molar-refractivity contribution is 5.72. The molecule has 7 atom stereocenters. The third kappa shape index (κ3) is 2.59. The summed E-state index contributed by atoms with van der Waals surface area (Å²) in [4.78, 5) is 4.40. The second-order valence-electron chi connectivity index (χ2n) is 11.0. The van der Waals surface area contributed by atoms with Crippen molar-refractivity contribution in [1.82, 2.24) is 4.98 Å². The molecule has 0 radical (unpaired) electrons. The maximum atomic E-state index is 11.0. The summed E-state index contributed by atoms with van der Waals surface area (Å²) in [5, 5.41) is 11.0. The van der Waals surface area contributed by atoms with Gasteiger partial charge in [0.15, 0.2) is 0 Å². The van der Waals surface area contributed by atoms with Crippen LogP contribution in [0.1, 0.15) is 84.1 Å². The van der Waals surface area contributed by atoms with Gasteiger partial charge in [0, 0.05) is 12.4 Å². The van der Waals surface area contributed by atoms with Crippen LogP contribution < -0.4 is 0 Å². The summed E-state index contributed by atoms with van der Waals surface area (Å²) >= 11 is 0. The Kier molecular flexibility index (Phi) is 4.32. The molecule has 1 unspecified atom stereocenters. The highest BCUT2D eigenvalue weighted by Crippen LogP contribution is 2.68. The van der Waals surface area contributed by atoms with Gasteiger partial charge in [-0.3, -0.25) is 4.98 Å². The number of aromatic nitrogens is 1. The predicted octanol–water partition coefficient (Wildman–Crippen LogP) is 6.26. The summed E-state index contributed by atoms with van der Waals surface area (Å²) in [7, 11) is 0. The molecule has 5 rings (SSSR count). The number of allylic oxidation sites excluding steroid dienone is 2. The van der Waals surface area contributed by atoms with Gasteiger partial charge in [-0.25, -0.2) is 0 Å². The molecule has 1 aromatic heterocycles. The van der Waals surface area contributed by atoms with Crippen molar-refractivity contribution in [2.45, 2.75) is 84.2 Å². The van der Waals surface area contributed by atoms with Crippen LogP contribution in [0.25, 0.3) is 5.57 Å². The van der Waals surface area contributed by atoms with Crippen LogP contribution in [0.15, 0.2) is 30.6 Å². The molecule has 0 aromatic carbocycles. The minimum atomic E-state index is -0.386. The molecule has 1 N–H and O–H groups in total. The average Bonchev–Trinajstić information content (AvgIpc) is 3.06. The van der Waals surface area contributed by atoms with Gasteiger partial charge in [-0.05, 0) is 109 Å². The van der Waals surface area contributed by atoms with Crippen LogP contribution in [0.3, 0.4) is 0 Å². The van der Waals surface area contributed by atoms with Gasteiger partial charge in [0.2, 0.25) is 0 Å². The summed E-state index contributed by atoms with van der Waals surface area (Å²) in [6.07, 6.45) is 17.4. The first-order chi connectivity index (χ1) is 13.4. The number of nitrogens with zero attached hydrogens (tertiary/aromatic N) is 1. The summed E-state index contributed by atoms with van der Waals surface area (Å²) in [5.74, 6) is 3.24. The summed E-state index contributed by atoms with van der Waals surface area (Å²) < 4.78 is 0. The Morgan fingerprint density at radius 1 is 1.11 bits per heavy atom. The SMILES string of the molecule is CC[C@@]1(O)CC[C@@]2(C)C(CC[C@@H]3[C@@H]2CC[C@]2(C)C(c4cccnc4)=CC[C@@H]32)C1. The third-order valence-corrected chi connectivity index (χ3v) is 10.0. The van der Waals surface area contributed by atoms with E-state index in [1.807, 2.05) is 6.20 Å². The molecular weight excluding hydrogens is 342 g/mol. The fourth-order valence-electron chi connectivity index (χ4n) is 8.18. The van der Waals surface area contributed by atoms with Crippen molar-refractivity contribution in [1.29, 1.82) is 0 Å². The Balaban J connectivity index is 1.42. The van der Waals surface area contributed by atoms with Gasteiger partial charge in [-0.1, -0.05) is 32.9 Å². The fourth-order valence-corrected chi connectivity index (χ4v) is 8.18. The Morgan fingerprint density at radius 2 is 1.96 bits per heavy atom. The molecule has 2 heteroatoms. The number of hydrogen-bond donors (Lipinski definition) is 1. The zero-order valence-electron chi connectivity index (χ0n) is 18.0. The number of fused-ring (bicyclic) bond motifs is 5. The second kappa shape index (κ2) is 6.42. The van der Waals surface area contributed by atoms with E-state index in [1.54, 1.807) is 5.57 Å². The Hall–Kier alpha value is -1.15. The first-order valence-corrected chi connectivity index (χ1v) is 11.7. The van der Waals surface area contributed by atoms with E-state index in [4.69, 9.17) is 0 Å². The largest absolute Gasteiger partial charge is 0.390 e. The molecule has 152 valence electrons. The standard InChI is InChI=1S/C26H37NO/c1-4-26(28)14-13-24(2)19(16-26)7-8-20-22-10-9-21(18-6-5-15-27-17-18)25(22,3)12-11-23(20)24/h5-6,9,15,17,19-20,22-23,28H,4,7-8,10-14,16H2,1-3H3/t19?,20-,22-,23-,24-,25+,26+/m0/s1. The van der Waals surface area contributed by atoms with Gasteiger partial charge in [0.1, 0.15) is 0 Å². The molecule has 3 saturated carbocycles. The van der Waals surface area contributed by atoms with E-state index in [0.29, 0.717) is 10.8 Å². The van der Waals surface area contributed by atoms with E-state index in [0.717, 1.165) is 42.9 Å². The maximum Gasteiger partial charge on any atom is 0.0648 e. The Labute approximate surface area is 170 Å². The van der Waals surface area contributed by atoms with Gasteiger partial charge in [-0.15, -0.1) is 0 Å². The smallest absolute Gasteiger partial charge is 0.0648 e. The predicted molar refractivity (Wildman–Crippen MR) is 115 cm³/mol. The van der Waals surface area contributed by atoms with Crippen LogP contribution >= 0.6 is 0 Å². The molecule has 4 aliphatic rings. The number of aliphatic hydroxyl groups is 1. The van der Waals surface area contributed by atoms with Crippen molar-refractivity contribution in [3.63, 3.8) is 0 Å². The van der Waals surface area contributed by atoms with E-state index in [-0.39, 0.29) is 5.60 Å². The maximum absolute atomic E-state index is 11.0. The molecule has 0 bridgehead atoms. The zero-order valence-corrected chi connectivity index (χ0v) is 18.0. The first kappa shape index (κ1) is 18.9. The van der Waals surface area contributed by atoms with Crippen molar-refractivity contribution in [2.75, 3.05) is 0 Å². The van der Waals surface area contributed by atoms with E-state index < -0.39 is 0 Å². The third-order valence-electron chi connectivity index (χ3n) is 10.0. The molecule has 0 aliphatic heterocycles. The number of hydrogen-bond acceptors (Lipinski definition) is 2. The molecule has 1 aromatic rings. The van der Waals surface area contributed by atoms with Crippen molar-refractivity contribution in [3.8, 4) is 0 Å². The van der Waals surface area contributed by atoms with E-state index in [2.05, 4.69) is 50.2 Å². The first-order valence-electron chi connectivity index (χ1n) is 11.7. The number of rotatable bonds is 2. The summed E-state index contributed by atoms with van der Waals surface area (Å²) in [6.45, 7) is 7.31. The van der Waals surface area contributed by atoms with Gasteiger partial charge in [0.05, 0.1) is 5.60 Å². The van der Waals surface area contributed by atoms with Crippen LogP contribution in [-0.2, 0) is 0 Å². The average molecular weight is 380 g/mol. The van der Waals surface area contributed by atoms with Crippen molar-refractivity contribution < 1.29 is 5.11 Å². The van der Waals surface area contributed by atoms with Crippen LogP contribution in [0.4, 0.5) is 0 Å². The van der Waals surface area contributed by atoms with Crippen LogP contribution in [0.2, 0.25) is 0 Å². The van der Waals surface area contributed by atoms with Gasteiger partial charge in [0.25, 0.3) is 0 Å². The van der Waals surface area contributed by atoms with E-state index in [1.165, 1.54) is 44.1 Å². The highest BCUT2D eigenvalue weighted by atomic mass is 16.3. The fraction of sp³-hybridized carbons (Fsp3) is 0.731. The topological polar surface area (TPSA) is 33.1 Å². The highest BCUT2D eigenvalue weighted by Gasteiger charge is 2.59. The lowest BCUT2D eigenvalue weighted by molar-refractivity contribution is -0.144. The van der Waals surface area contributed by atoms with E-state index >= 15 is 0 Å². The second-order valence-corrected chi connectivity index (χ2v) is 11.0. The van der Waals surface area contributed by atoms with Crippen LogP contribution in [0, 0.1) is 34.5 Å². The van der Waals surface area contributed by atoms with Crippen molar-refractivity contribution >= 4 is 5.57 Å². The normalized spacial score (nSPS) is 47.6. The van der Waals surface area contributed by atoms with Gasteiger partial charge < -0.3 is 5.11 Å². The molecule has 3 fully saturated rings. The summed E-state index contributed by atoms with van der Waals surface area (Å²) in [5.41, 5.74) is 3.30. The lowest BCUT2D eigenvalue weighted by Crippen LogP contribution is -2.55. The molecule has 2 nitrogen and oxygen atoms in total. The van der Waals surface area contributed by atoms with Gasteiger partial charge in [-0.2, -0.15) is 0 Å². The molecule has 0 spiro atoms. The molecule has 1 heterocycles. The molecule has 28 heavy (non-hydrogen) atoms. The molecular formula is C26H37NO. The summed E-state index contributed by atoms with van der Waals surface area (Å²) in [6, 6.07) is 4.34. The lowest BCUT2D eigenvalue weighted by Gasteiger charge is -2.62. The molecule has 0 amide bonds. The zero-order chi connectivity index (χ0) is 19.6. The molecule has 4 aliphatic carbocycles. The van der Waals surface area contributed by atoms with Gasteiger partial charge >= 0.3 is 0 Å².